The Kier molecular flexibility index (Phi) is 5.65. The lowest BCUT2D eigenvalue weighted by atomic mass is 10.0. The summed E-state index contributed by atoms with van der Waals surface area (Å²) >= 11 is 0. The van der Waals surface area contributed by atoms with E-state index in [4.69, 9.17) is 4.74 Å². The van der Waals surface area contributed by atoms with Gasteiger partial charge < -0.3 is 15.4 Å². The molecule has 0 aromatic heterocycles. The van der Waals surface area contributed by atoms with Crippen molar-refractivity contribution in [2.24, 2.45) is 5.92 Å². The Hall–Kier alpha value is -1.43. The number of amides is 1. The summed E-state index contributed by atoms with van der Waals surface area (Å²) in [5.41, 5.74) is 2.53. The van der Waals surface area contributed by atoms with Crippen LogP contribution in [0, 0.1) is 12.8 Å². The fourth-order valence-corrected chi connectivity index (χ4v) is 3.36. The summed E-state index contributed by atoms with van der Waals surface area (Å²) < 4.78 is 5.47. The van der Waals surface area contributed by atoms with Crippen LogP contribution in [0.25, 0.3) is 0 Å². The highest BCUT2D eigenvalue weighted by molar-refractivity contribution is 5.79. The van der Waals surface area contributed by atoms with Crippen molar-refractivity contribution in [3.63, 3.8) is 0 Å². The molecule has 5 nitrogen and oxygen atoms in total. The average molecular weight is 317 g/mol. The van der Waals surface area contributed by atoms with E-state index >= 15 is 0 Å². The predicted molar refractivity (Wildman–Crippen MR) is 90.3 cm³/mol. The molecule has 5 heteroatoms. The van der Waals surface area contributed by atoms with Crippen LogP contribution < -0.4 is 10.6 Å². The van der Waals surface area contributed by atoms with Crippen LogP contribution in [0.4, 0.5) is 0 Å². The highest BCUT2D eigenvalue weighted by Gasteiger charge is 2.26. The van der Waals surface area contributed by atoms with Gasteiger partial charge in [0.1, 0.15) is 0 Å². The number of hydrogen-bond acceptors (Lipinski definition) is 4. The topological polar surface area (TPSA) is 53.6 Å². The van der Waals surface area contributed by atoms with Gasteiger partial charge in [0.25, 0.3) is 0 Å². The van der Waals surface area contributed by atoms with Gasteiger partial charge in [-0.15, -0.1) is 0 Å². The van der Waals surface area contributed by atoms with E-state index in [0.717, 1.165) is 45.8 Å². The summed E-state index contributed by atoms with van der Waals surface area (Å²) in [6.07, 6.45) is 0.943. The number of carbonyl (C=O) groups excluding carboxylic acids is 1. The fourth-order valence-electron chi connectivity index (χ4n) is 3.36. The van der Waals surface area contributed by atoms with Gasteiger partial charge in [-0.1, -0.05) is 29.8 Å². The average Bonchev–Trinajstić information content (AvgIpc) is 3.12. The van der Waals surface area contributed by atoms with Crippen molar-refractivity contribution in [2.75, 3.05) is 45.9 Å². The third-order valence-corrected chi connectivity index (χ3v) is 4.85. The van der Waals surface area contributed by atoms with Crippen LogP contribution in [-0.2, 0) is 9.53 Å². The first-order chi connectivity index (χ1) is 11.2. The lowest BCUT2D eigenvalue weighted by Gasteiger charge is -2.35. The quantitative estimate of drug-likeness (QED) is 0.854. The van der Waals surface area contributed by atoms with Crippen LogP contribution in [-0.4, -0.2) is 56.7 Å². The van der Waals surface area contributed by atoms with Gasteiger partial charge in [0.15, 0.2) is 0 Å². The molecule has 2 aliphatic rings. The smallest absolute Gasteiger partial charge is 0.224 e. The molecular formula is C18H27N3O2. The molecule has 0 radical (unpaired) electrons. The fraction of sp³-hybridized carbons (Fsp3) is 0.611. The molecule has 23 heavy (non-hydrogen) atoms. The zero-order chi connectivity index (χ0) is 16.1. The van der Waals surface area contributed by atoms with E-state index in [2.05, 4.69) is 46.7 Å². The maximum atomic E-state index is 12.3. The van der Waals surface area contributed by atoms with Crippen molar-refractivity contribution in [1.29, 1.82) is 0 Å². The number of nitrogens with zero attached hydrogens (tertiary/aromatic N) is 1. The first kappa shape index (κ1) is 16.4. The first-order valence-electron chi connectivity index (χ1n) is 8.61. The SMILES string of the molecule is Cc1ccc(C(CNC(=O)C2CCNC2)N2CCOCC2)cc1. The monoisotopic (exact) mass is 317 g/mol. The van der Waals surface area contributed by atoms with Crippen molar-refractivity contribution in [3.8, 4) is 0 Å². The van der Waals surface area contributed by atoms with Crippen molar-refractivity contribution in [1.82, 2.24) is 15.5 Å². The van der Waals surface area contributed by atoms with Crippen molar-refractivity contribution < 1.29 is 9.53 Å². The van der Waals surface area contributed by atoms with Crippen molar-refractivity contribution >= 4 is 5.91 Å². The number of aryl methyl sites for hydroxylation is 1. The summed E-state index contributed by atoms with van der Waals surface area (Å²) in [5, 5.41) is 6.43. The Labute approximate surface area is 138 Å². The Balaban J connectivity index is 1.66. The van der Waals surface area contributed by atoms with Gasteiger partial charge in [-0.2, -0.15) is 0 Å². The molecule has 0 aliphatic carbocycles. The molecule has 3 rings (SSSR count). The molecule has 1 amide bonds. The molecule has 126 valence electrons. The van der Waals surface area contributed by atoms with Gasteiger partial charge in [-0.3, -0.25) is 9.69 Å². The molecule has 2 aliphatic heterocycles. The summed E-state index contributed by atoms with van der Waals surface area (Å²) in [7, 11) is 0. The molecule has 2 unspecified atom stereocenters. The number of ether oxygens (including phenoxy) is 1. The van der Waals surface area contributed by atoms with E-state index < -0.39 is 0 Å². The number of morpholine rings is 1. The van der Waals surface area contributed by atoms with Crippen LogP contribution in [0.5, 0.6) is 0 Å². The Bertz CT molecular complexity index is 506. The van der Waals surface area contributed by atoms with Gasteiger partial charge in [0.2, 0.25) is 5.91 Å². The lowest BCUT2D eigenvalue weighted by Crippen LogP contribution is -2.44. The number of hydrogen-bond donors (Lipinski definition) is 2. The van der Waals surface area contributed by atoms with Crippen LogP contribution in [0.1, 0.15) is 23.6 Å². The molecule has 2 saturated heterocycles. The summed E-state index contributed by atoms with van der Waals surface area (Å²) in [4.78, 5) is 14.7. The minimum Gasteiger partial charge on any atom is -0.379 e. The van der Waals surface area contributed by atoms with Crippen LogP contribution in [0.15, 0.2) is 24.3 Å². The summed E-state index contributed by atoms with van der Waals surface area (Å²) in [5.74, 6) is 0.304. The van der Waals surface area contributed by atoms with Gasteiger partial charge in [-0.25, -0.2) is 0 Å². The third-order valence-electron chi connectivity index (χ3n) is 4.85. The standard InChI is InChI=1S/C18H27N3O2/c1-14-2-4-15(5-3-14)17(21-8-10-23-11-9-21)13-20-18(22)16-6-7-19-12-16/h2-5,16-17,19H,6-13H2,1H3,(H,20,22). The second-order valence-corrected chi connectivity index (χ2v) is 6.51. The van der Waals surface area contributed by atoms with E-state index in [1.807, 2.05) is 0 Å². The Morgan fingerprint density at radius 2 is 2.09 bits per heavy atom. The van der Waals surface area contributed by atoms with Crippen LogP contribution in [0.3, 0.4) is 0 Å². The summed E-state index contributed by atoms with van der Waals surface area (Å²) in [6, 6.07) is 8.87. The molecule has 2 fully saturated rings. The minimum atomic E-state index is 0.123. The normalized spacial score (nSPS) is 23.6. The maximum Gasteiger partial charge on any atom is 0.224 e. The molecular weight excluding hydrogens is 290 g/mol. The molecule has 0 bridgehead atoms. The first-order valence-corrected chi connectivity index (χ1v) is 8.61. The number of benzene rings is 1. The van der Waals surface area contributed by atoms with E-state index in [9.17, 15) is 4.79 Å². The number of nitrogens with one attached hydrogen (secondary N) is 2. The molecule has 1 aromatic carbocycles. The molecule has 1 aromatic rings. The second-order valence-electron chi connectivity index (χ2n) is 6.51. The number of carbonyl (C=O) groups is 1. The zero-order valence-electron chi connectivity index (χ0n) is 13.9. The third kappa shape index (κ3) is 4.31. The van der Waals surface area contributed by atoms with Gasteiger partial charge >= 0.3 is 0 Å². The highest BCUT2D eigenvalue weighted by atomic mass is 16.5. The van der Waals surface area contributed by atoms with E-state index in [1.54, 1.807) is 0 Å². The van der Waals surface area contributed by atoms with E-state index in [-0.39, 0.29) is 17.9 Å². The van der Waals surface area contributed by atoms with Crippen LogP contribution >= 0.6 is 0 Å². The molecule has 0 spiro atoms. The Morgan fingerprint density at radius 3 is 2.74 bits per heavy atom. The molecule has 0 saturated carbocycles. The molecule has 2 N–H and O–H groups in total. The van der Waals surface area contributed by atoms with E-state index in [0.29, 0.717) is 6.54 Å². The second kappa shape index (κ2) is 7.90. The largest absolute Gasteiger partial charge is 0.379 e. The summed E-state index contributed by atoms with van der Waals surface area (Å²) in [6.45, 7) is 7.88. The molecule has 2 heterocycles. The van der Waals surface area contributed by atoms with E-state index in [1.165, 1.54) is 11.1 Å². The minimum absolute atomic E-state index is 0.123. The van der Waals surface area contributed by atoms with Crippen LogP contribution in [0.2, 0.25) is 0 Å². The predicted octanol–water partition coefficient (Wildman–Crippen LogP) is 1.09. The zero-order valence-corrected chi connectivity index (χ0v) is 13.9. The Morgan fingerprint density at radius 1 is 1.35 bits per heavy atom. The van der Waals surface area contributed by atoms with Gasteiger partial charge in [0, 0.05) is 26.2 Å². The van der Waals surface area contributed by atoms with Crippen molar-refractivity contribution in [2.45, 2.75) is 19.4 Å². The van der Waals surface area contributed by atoms with Crippen molar-refractivity contribution in [3.05, 3.63) is 35.4 Å². The maximum absolute atomic E-state index is 12.3. The molecule has 2 atom stereocenters. The lowest BCUT2D eigenvalue weighted by molar-refractivity contribution is -0.124. The van der Waals surface area contributed by atoms with Gasteiger partial charge in [-0.05, 0) is 25.5 Å². The highest BCUT2D eigenvalue weighted by Crippen LogP contribution is 2.22. The number of rotatable bonds is 5. The van der Waals surface area contributed by atoms with Gasteiger partial charge in [0.05, 0.1) is 25.2 Å².